The molecule has 2 aromatic rings. The molecule has 1 atom stereocenters. The van der Waals surface area contributed by atoms with E-state index in [-0.39, 0.29) is 16.6 Å². The molecule has 3 N–H and O–H groups in total. The number of benzene rings is 1. The molecule has 6 nitrogen and oxygen atoms in total. The van der Waals surface area contributed by atoms with E-state index in [1.807, 2.05) is 13.8 Å². The lowest BCUT2D eigenvalue weighted by Crippen LogP contribution is -2.24. The van der Waals surface area contributed by atoms with Gasteiger partial charge in [0, 0.05) is 5.92 Å². The van der Waals surface area contributed by atoms with Crippen LogP contribution in [0.15, 0.2) is 23.4 Å². The number of halogens is 4. The smallest absolute Gasteiger partial charge is 0.336 e. The molecular weight excluding hydrogens is 391 g/mol. The van der Waals surface area contributed by atoms with E-state index in [9.17, 15) is 18.0 Å². The van der Waals surface area contributed by atoms with E-state index in [0.717, 1.165) is 30.0 Å². The quantitative estimate of drug-likeness (QED) is 0.579. The van der Waals surface area contributed by atoms with Gasteiger partial charge in [0.15, 0.2) is 5.82 Å². The molecule has 1 heterocycles. The maximum atomic E-state index is 12.8. The van der Waals surface area contributed by atoms with E-state index in [0.29, 0.717) is 11.0 Å². The van der Waals surface area contributed by atoms with Crippen molar-refractivity contribution in [2.75, 3.05) is 11.2 Å². The molecule has 1 aromatic carbocycles. The average molecular weight is 408 g/mol. The number of hydrogen-bond donors (Lipinski definition) is 2. The molecule has 11 heteroatoms. The molecule has 0 saturated heterocycles. The van der Waals surface area contributed by atoms with Gasteiger partial charge in [-0.3, -0.25) is 4.79 Å². The molecule has 0 aliphatic carbocycles. The Balaban J connectivity index is 2.12. The average Bonchev–Trinajstić information content (AvgIpc) is 2.89. The van der Waals surface area contributed by atoms with Crippen molar-refractivity contribution in [1.82, 2.24) is 14.9 Å². The van der Waals surface area contributed by atoms with Gasteiger partial charge in [0.2, 0.25) is 11.1 Å². The number of aromatic nitrogens is 3. The third-order valence-corrected chi connectivity index (χ3v) is 4.80. The molecule has 1 aromatic heterocycles. The molecule has 142 valence electrons. The van der Waals surface area contributed by atoms with E-state index in [4.69, 9.17) is 17.4 Å². The molecule has 1 amide bonds. The number of amides is 1. The lowest BCUT2D eigenvalue weighted by atomic mass is 10.2. The van der Waals surface area contributed by atoms with Crippen molar-refractivity contribution in [3.8, 4) is 0 Å². The maximum Gasteiger partial charge on any atom is 0.416 e. The first-order chi connectivity index (χ1) is 12.0. The zero-order valence-electron chi connectivity index (χ0n) is 14.1. The normalized spacial score (nSPS) is 13.1. The number of anilines is 1. The lowest BCUT2D eigenvalue weighted by Gasteiger charge is -2.14. The molecule has 0 bridgehead atoms. The second-order valence-electron chi connectivity index (χ2n) is 5.81. The van der Waals surface area contributed by atoms with Crippen molar-refractivity contribution >= 4 is 35.0 Å². The van der Waals surface area contributed by atoms with Gasteiger partial charge < -0.3 is 11.2 Å². The van der Waals surface area contributed by atoms with Crippen LogP contribution >= 0.6 is 23.4 Å². The highest BCUT2D eigenvalue weighted by atomic mass is 35.5. The van der Waals surface area contributed by atoms with E-state index in [2.05, 4.69) is 15.5 Å². The summed E-state index contributed by atoms with van der Waals surface area (Å²) < 4.78 is 39.7. The van der Waals surface area contributed by atoms with Crippen molar-refractivity contribution in [2.24, 2.45) is 0 Å². The highest BCUT2D eigenvalue weighted by Gasteiger charge is 2.31. The summed E-state index contributed by atoms with van der Waals surface area (Å²) in [7, 11) is 0. The molecule has 0 fully saturated rings. The first-order valence-corrected chi connectivity index (χ1v) is 8.81. The van der Waals surface area contributed by atoms with Gasteiger partial charge in [-0.2, -0.15) is 13.2 Å². The Labute approximate surface area is 157 Å². The summed E-state index contributed by atoms with van der Waals surface area (Å²) in [6.07, 6.45) is -4.53. The number of carbonyl (C=O) groups excluding carboxylic acids is 1. The number of hydrogen-bond acceptors (Lipinski definition) is 5. The number of thioether (sulfide) groups is 1. The number of carbonyl (C=O) groups is 1. The zero-order valence-corrected chi connectivity index (χ0v) is 15.7. The van der Waals surface area contributed by atoms with Gasteiger partial charge in [0.1, 0.15) is 0 Å². The van der Waals surface area contributed by atoms with E-state index < -0.39 is 22.9 Å². The first-order valence-electron chi connectivity index (χ1n) is 7.55. The molecule has 0 unspecified atom stereocenters. The minimum absolute atomic E-state index is 0.00707. The highest BCUT2D eigenvalue weighted by Crippen LogP contribution is 2.34. The monoisotopic (exact) mass is 407 g/mol. The summed E-state index contributed by atoms with van der Waals surface area (Å²) >= 11 is 6.92. The van der Waals surface area contributed by atoms with Gasteiger partial charge >= 0.3 is 6.18 Å². The molecular formula is C15H17ClF3N5OS. The van der Waals surface area contributed by atoms with Gasteiger partial charge in [0.05, 0.1) is 21.5 Å². The lowest BCUT2D eigenvalue weighted by molar-refractivity contribution is -0.137. The minimum atomic E-state index is -4.53. The fourth-order valence-electron chi connectivity index (χ4n) is 2.01. The molecule has 26 heavy (non-hydrogen) atoms. The van der Waals surface area contributed by atoms with Crippen molar-refractivity contribution in [2.45, 2.75) is 43.3 Å². The number of nitrogens with two attached hydrogens (primary N) is 1. The van der Waals surface area contributed by atoms with Gasteiger partial charge in [-0.1, -0.05) is 37.2 Å². The van der Waals surface area contributed by atoms with E-state index >= 15 is 0 Å². The summed E-state index contributed by atoms with van der Waals surface area (Å²) in [6.45, 7) is 5.37. The van der Waals surface area contributed by atoms with Crippen LogP contribution in [0.2, 0.25) is 5.02 Å². The molecule has 0 aliphatic heterocycles. The van der Waals surface area contributed by atoms with Crippen molar-refractivity contribution < 1.29 is 18.0 Å². The van der Waals surface area contributed by atoms with Crippen LogP contribution in [0, 0.1) is 0 Å². The number of alkyl halides is 3. The fourth-order valence-corrected chi connectivity index (χ4v) is 2.95. The second kappa shape index (κ2) is 7.75. The minimum Gasteiger partial charge on any atom is -0.336 e. The summed E-state index contributed by atoms with van der Waals surface area (Å²) in [5, 5.41) is 9.93. The van der Waals surface area contributed by atoms with Gasteiger partial charge in [-0.25, -0.2) is 4.68 Å². The highest BCUT2D eigenvalue weighted by molar-refractivity contribution is 8.00. The summed E-state index contributed by atoms with van der Waals surface area (Å²) in [4.78, 5) is 12.3. The predicted molar refractivity (Wildman–Crippen MR) is 94.7 cm³/mol. The number of nitrogens with zero attached hydrogens (tertiary/aromatic N) is 3. The largest absolute Gasteiger partial charge is 0.416 e. The van der Waals surface area contributed by atoms with Crippen LogP contribution in [0.4, 0.5) is 18.9 Å². The predicted octanol–water partition coefficient (Wildman–Crippen LogP) is 3.91. The van der Waals surface area contributed by atoms with Crippen LogP contribution in [0.3, 0.4) is 0 Å². The van der Waals surface area contributed by atoms with Crippen LogP contribution in [0.5, 0.6) is 0 Å². The second-order valence-corrected chi connectivity index (χ2v) is 7.52. The molecule has 2 rings (SSSR count). The summed E-state index contributed by atoms with van der Waals surface area (Å²) in [5.74, 6) is 5.96. The van der Waals surface area contributed by atoms with Crippen LogP contribution in [0.25, 0.3) is 0 Å². The van der Waals surface area contributed by atoms with Crippen molar-refractivity contribution in [3.63, 3.8) is 0 Å². The van der Waals surface area contributed by atoms with Gasteiger partial charge in [-0.15, -0.1) is 10.2 Å². The first kappa shape index (κ1) is 20.4. The number of nitrogens with one attached hydrogen (secondary N) is 1. The Hall–Kier alpha value is -1.94. The Morgan fingerprint density at radius 1 is 1.31 bits per heavy atom. The van der Waals surface area contributed by atoms with E-state index in [1.54, 1.807) is 6.92 Å². The van der Waals surface area contributed by atoms with Gasteiger partial charge in [0.25, 0.3) is 0 Å². The Bertz CT molecular complexity index is 809. The molecule has 0 aliphatic rings. The fraction of sp³-hybridized carbons (Fsp3) is 0.400. The maximum absolute atomic E-state index is 12.8. The standard InChI is InChI=1S/C15H17ClF3N5OS/c1-7(2)12-22-23-14(24(12)20)26-8(3)13(25)21-11-6-9(15(17,18)19)4-5-10(11)16/h4-8H,20H2,1-3H3,(H,21,25)/t8-/m1/s1. The number of nitrogen functional groups attached to an aromatic ring is 1. The summed E-state index contributed by atoms with van der Waals surface area (Å²) in [5.41, 5.74) is -1.02. The molecule has 0 spiro atoms. The van der Waals surface area contributed by atoms with Crippen LogP contribution < -0.4 is 11.2 Å². The van der Waals surface area contributed by atoms with Crippen molar-refractivity contribution in [3.05, 3.63) is 34.6 Å². The van der Waals surface area contributed by atoms with Crippen LogP contribution in [0.1, 0.15) is 38.1 Å². The Morgan fingerprint density at radius 3 is 2.50 bits per heavy atom. The number of rotatable bonds is 5. The zero-order chi connectivity index (χ0) is 19.6. The molecule has 0 saturated carbocycles. The SMILES string of the molecule is CC(C)c1nnc(S[C@H](C)C(=O)Nc2cc(C(F)(F)F)ccc2Cl)n1N. The Morgan fingerprint density at radius 2 is 1.96 bits per heavy atom. The van der Waals surface area contributed by atoms with Crippen molar-refractivity contribution in [1.29, 1.82) is 0 Å². The van der Waals surface area contributed by atoms with E-state index in [1.165, 1.54) is 4.68 Å². The summed E-state index contributed by atoms with van der Waals surface area (Å²) in [6, 6.07) is 2.73. The Kier molecular flexibility index (Phi) is 6.07. The van der Waals surface area contributed by atoms with Gasteiger partial charge in [-0.05, 0) is 25.1 Å². The molecule has 0 radical (unpaired) electrons. The van der Waals surface area contributed by atoms with Crippen LogP contribution in [-0.4, -0.2) is 26.0 Å². The topological polar surface area (TPSA) is 85.8 Å². The third kappa shape index (κ3) is 4.61. The third-order valence-electron chi connectivity index (χ3n) is 3.41. The van der Waals surface area contributed by atoms with Crippen LogP contribution in [-0.2, 0) is 11.0 Å².